The van der Waals surface area contributed by atoms with E-state index in [2.05, 4.69) is 15.9 Å². The average Bonchev–Trinajstić information content (AvgIpc) is 2.51. The maximum atomic E-state index is 13.2. The van der Waals surface area contributed by atoms with Crippen molar-refractivity contribution in [3.05, 3.63) is 63.0 Å². The van der Waals surface area contributed by atoms with E-state index in [1.54, 1.807) is 0 Å². The van der Waals surface area contributed by atoms with Crippen molar-refractivity contribution in [3.63, 3.8) is 0 Å². The van der Waals surface area contributed by atoms with E-state index in [9.17, 15) is 9.18 Å². The highest BCUT2D eigenvalue weighted by atomic mass is 79.9. The molecule has 2 N–H and O–H groups in total. The Morgan fingerprint density at radius 3 is 2.52 bits per heavy atom. The van der Waals surface area contributed by atoms with Crippen LogP contribution in [0.25, 0.3) is 22.3 Å². The van der Waals surface area contributed by atoms with Crippen molar-refractivity contribution in [2.24, 2.45) is 5.14 Å². The summed E-state index contributed by atoms with van der Waals surface area (Å²) in [6, 6.07) is 11.2. The number of hydrogen-bond donors (Lipinski definition) is 1. The van der Waals surface area contributed by atoms with Gasteiger partial charge in [0.05, 0.1) is 5.39 Å². The Labute approximate surface area is 132 Å². The zero-order valence-electron chi connectivity index (χ0n) is 10.6. The van der Waals surface area contributed by atoms with Gasteiger partial charge < -0.3 is 4.42 Å². The maximum Gasteiger partial charge on any atom is 0.207 e. The highest BCUT2D eigenvalue weighted by Gasteiger charge is 2.14. The van der Waals surface area contributed by atoms with E-state index in [1.807, 2.05) is 24.3 Å². The molecule has 3 aromatic rings. The molecule has 2 aromatic carbocycles. The standard InChI is InChI=1S/C15H9BrFNO2S/c16-13-14(19)11-7-9(17)3-6-12(11)20-15(13)8-1-4-10(21-18)5-2-8/h1-7H,18H2. The highest BCUT2D eigenvalue weighted by molar-refractivity contribution is 9.10. The third kappa shape index (κ3) is 2.62. The van der Waals surface area contributed by atoms with Gasteiger partial charge in [0.15, 0.2) is 5.76 Å². The Morgan fingerprint density at radius 1 is 1.14 bits per heavy atom. The van der Waals surface area contributed by atoms with Gasteiger partial charge in [-0.25, -0.2) is 4.39 Å². The lowest BCUT2D eigenvalue weighted by atomic mass is 10.1. The second-order valence-electron chi connectivity index (χ2n) is 4.36. The van der Waals surface area contributed by atoms with Gasteiger partial charge in [-0.05, 0) is 58.2 Å². The largest absolute Gasteiger partial charge is 0.455 e. The second kappa shape index (κ2) is 5.63. The average molecular weight is 366 g/mol. The highest BCUT2D eigenvalue weighted by Crippen LogP contribution is 2.30. The molecule has 6 heteroatoms. The van der Waals surface area contributed by atoms with Crippen LogP contribution in [0.15, 0.2) is 61.0 Å². The molecule has 106 valence electrons. The zero-order valence-corrected chi connectivity index (χ0v) is 13.0. The van der Waals surface area contributed by atoms with Crippen molar-refractivity contribution in [3.8, 4) is 11.3 Å². The summed E-state index contributed by atoms with van der Waals surface area (Å²) in [7, 11) is 0. The van der Waals surface area contributed by atoms with Crippen LogP contribution in [-0.2, 0) is 0 Å². The molecule has 0 fully saturated rings. The zero-order chi connectivity index (χ0) is 15.0. The van der Waals surface area contributed by atoms with Gasteiger partial charge in [0.2, 0.25) is 5.43 Å². The molecule has 0 atom stereocenters. The van der Waals surface area contributed by atoms with E-state index in [-0.39, 0.29) is 15.3 Å². The summed E-state index contributed by atoms with van der Waals surface area (Å²) in [5.74, 6) is -0.0635. The molecule has 0 amide bonds. The molecule has 0 unspecified atom stereocenters. The molecule has 3 rings (SSSR count). The molecule has 0 saturated heterocycles. The van der Waals surface area contributed by atoms with E-state index in [4.69, 9.17) is 9.56 Å². The Balaban J connectivity index is 2.25. The first-order valence-corrected chi connectivity index (χ1v) is 7.66. The van der Waals surface area contributed by atoms with E-state index in [0.717, 1.165) is 22.4 Å². The summed E-state index contributed by atoms with van der Waals surface area (Å²) < 4.78 is 19.3. The van der Waals surface area contributed by atoms with Crippen molar-refractivity contribution in [2.45, 2.75) is 4.90 Å². The molecule has 0 aliphatic heterocycles. The van der Waals surface area contributed by atoms with Crippen LogP contribution in [0.4, 0.5) is 4.39 Å². The maximum absolute atomic E-state index is 13.2. The third-order valence-electron chi connectivity index (χ3n) is 3.05. The van der Waals surface area contributed by atoms with Crippen LogP contribution in [-0.4, -0.2) is 0 Å². The third-order valence-corrected chi connectivity index (χ3v) is 4.31. The number of benzene rings is 2. The van der Waals surface area contributed by atoms with Gasteiger partial charge >= 0.3 is 0 Å². The fourth-order valence-electron chi connectivity index (χ4n) is 2.02. The summed E-state index contributed by atoms with van der Waals surface area (Å²) in [5, 5.41) is 5.69. The SMILES string of the molecule is NSc1ccc(-c2oc3ccc(F)cc3c(=O)c2Br)cc1. The van der Waals surface area contributed by atoms with E-state index in [1.165, 1.54) is 18.2 Å². The molecule has 0 saturated carbocycles. The van der Waals surface area contributed by atoms with Gasteiger partial charge in [-0.15, -0.1) is 0 Å². The van der Waals surface area contributed by atoms with E-state index < -0.39 is 5.82 Å². The molecule has 3 nitrogen and oxygen atoms in total. The Morgan fingerprint density at radius 2 is 1.86 bits per heavy atom. The number of fused-ring (bicyclic) bond motifs is 1. The monoisotopic (exact) mass is 365 g/mol. The van der Waals surface area contributed by atoms with Crippen molar-refractivity contribution in [1.82, 2.24) is 0 Å². The number of nitrogens with two attached hydrogens (primary N) is 1. The minimum Gasteiger partial charge on any atom is -0.455 e. The van der Waals surface area contributed by atoms with Crippen LogP contribution in [0.5, 0.6) is 0 Å². The molecule has 0 aliphatic carbocycles. The van der Waals surface area contributed by atoms with Crippen molar-refractivity contribution in [2.75, 3.05) is 0 Å². The molecular weight excluding hydrogens is 357 g/mol. The first-order chi connectivity index (χ1) is 10.1. The molecule has 1 heterocycles. The minimum atomic E-state index is -0.473. The number of hydrogen-bond acceptors (Lipinski definition) is 4. The van der Waals surface area contributed by atoms with Gasteiger partial charge in [-0.2, -0.15) is 0 Å². The summed E-state index contributed by atoms with van der Waals surface area (Å²) in [5.41, 5.74) is 0.780. The smallest absolute Gasteiger partial charge is 0.207 e. The Bertz CT molecular complexity index is 877. The molecule has 0 bridgehead atoms. The van der Waals surface area contributed by atoms with Crippen LogP contribution in [0.2, 0.25) is 0 Å². The fraction of sp³-hybridized carbons (Fsp3) is 0. The van der Waals surface area contributed by atoms with E-state index >= 15 is 0 Å². The second-order valence-corrected chi connectivity index (χ2v) is 5.86. The van der Waals surface area contributed by atoms with Gasteiger partial charge in [0, 0.05) is 10.5 Å². The molecule has 21 heavy (non-hydrogen) atoms. The fourth-order valence-corrected chi connectivity index (χ4v) is 2.83. The molecule has 0 aliphatic rings. The molecule has 1 aromatic heterocycles. The summed E-state index contributed by atoms with van der Waals surface area (Å²) in [6.07, 6.45) is 0. The Kier molecular flexibility index (Phi) is 3.84. The van der Waals surface area contributed by atoms with Crippen molar-refractivity contribution >= 4 is 38.8 Å². The number of halogens is 2. The quantitative estimate of drug-likeness (QED) is 0.686. The topological polar surface area (TPSA) is 56.2 Å². The summed E-state index contributed by atoms with van der Waals surface area (Å²) in [4.78, 5) is 13.2. The lowest BCUT2D eigenvalue weighted by Crippen LogP contribution is -2.04. The molecular formula is C15H9BrFNO2S. The number of rotatable bonds is 2. The van der Waals surface area contributed by atoms with Gasteiger partial charge in [-0.1, -0.05) is 12.1 Å². The predicted molar refractivity (Wildman–Crippen MR) is 85.6 cm³/mol. The van der Waals surface area contributed by atoms with Crippen molar-refractivity contribution < 1.29 is 8.81 Å². The van der Waals surface area contributed by atoms with Crippen LogP contribution < -0.4 is 10.6 Å². The van der Waals surface area contributed by atoms with E-state index in [0.29, 0.717) is 11.3 Å². The first-order valence-electron chi connectivity index (χ1n) is 5.99. The lowest BCUT2D eigenvalue weighted by Gasteiger charge is -2.06. The van der Waals surface area contributed by atoms with Gasteiger partial charge in [0.1, 0.15) is 15.9 Å². The normalized spacial score (nSPS) is 11.0. The lowest BCUT2D eigenvalue weighted by molar-refractivity contribution is 0.606. The van der Waals surface area contributed by atoms with Crippen LogP contribution in [0, 0.1) is 5.82 Å². The van der Waals surface area contributed by atoms with Crippen LogP contribution in [0.3, 0.4) is 0 Å². The summed E-state index contributed by atoms with van der Waals surface area (Å²) in [6.45, 7) is 0. The van der Waals surface area contributed by atoms with Crippen LogP contribution >= 0.6 is 27.9 Å². The van der Waals surface area contributed by atoms with Crippen LogP contribution in [0.1, 0.15) is 0 Å². The molecule has 0 spiro atoms. The van der Waals surface area contributed by atoms with Gasteiger partial charge in [-0.3, -0.25) is 9.93 Å². The van der Waals surface area contributed by atoms with Gasteiger partial charge in [0.25, 0.3) is 0 Å². The molecule has 0 radical (unpaired) electrons. The summed E-state index contributed by atoms with van der Waals surface area (Å²) >= 11 is 4.38. The first kappa shape index (κ1) is 14.3. The van der Waals surface area contributed by atoms with Crippen molar-refractivity contribution in [1.29, 1.82) is 0 Å². The Hall–Kier alpha value is -1.63. The predicted octanol–water partition coefficient (Wildman–Crippen LogP) is 4.33. The minimum absolute atomic E-state index is 0.208.